The Balaban J connectivity index is 1.64. The summed E-state index contributed by atoms with van der Waals surface area (Å²) in [6, 6.07) is 0. The zero-order valence-electron chi connectivity index (χ0n) is 27.6. The number of allylic oxidation sites excluding steroid dienone is 4. The Kier molecular flexibility index (Phi) is 7.74. The number of carbonyl (C=O) groups is 4. The van der Waals surface area contributed by atoms with E-state index in [1.165, 1.54) is 6.92 Å². The van der Waals surface area contributed by atoms with Gasteiger partial charge in [0.05, 0.1) is 18.4 Å². The van der Waals surface area contributed by atoms with Crippen LogP contribution in [-0.2, 0) is 23.9 Å². The minimum atomic E-state index is -4.43. The molecular weight excluding hydrogens is 583 g/mol. The van der Waals surface area contributed by atoms with Crippen LogP contribution < -0.4 is 0 Å². The summed E-state index contributed by atoms with van der Waals surface area (Å²) in [5.74, 6) is -2.57. The SMILES string of the molecule is [C-]#[N+]C1=C[C@]2(C)C3=CC(=O)[C@@H]4[C@@H]5CC(C)(C)CC[C@]5(C(=O)CCC(F)(F)F)CC[C@@]4(C)[C@]3(C)CC[C@H]2[C@](C)(COC(C)=O)C1=O. The number of alkyl halides is 3. The quantitative estimate of drug-likeness (QED) is 0.227. The molecular formula is C36H46F3NO5. The number of rotatable bonds is 5. The minimum absolute atomic E-state index is 0.0276. The number of halogens is 3. The Labute approximate surface area is 264 Å². The number of carbonyl (C=O) groups excluding carboxylic acids is 4. The molecule has 3 fully saturated rings. The highest BCUT2D eigenvalue weighted by Gasteiger charge is 2.71. The third-order valence-corrected chi connectivity index (χ3v) is 13.4. The summed E-state index contributed by atoms with van der Waals surface area (Å²) in [6.07, 6.45) is 1.29. The summed E-state index contributed by atoms with van der Waals surface area (Å²) in [5.41, 5.74) is -3.41. The van der Waals surface area contributed by atoms with Crippen molar-refractivity contribution in [3.63, 3.8) is 0 Å². The van der Waals surface area contributed by atoms with Gasteiger partial charge >= 0.3 is 12.1 Å². The van der Waals surface area contributed by atoms with Gasteiger partial charge in [0.2, 0.25) is 5.70 Å². The molecule has 6 nitrogen and oxygen atoms in total. The Morgan fingerprint density at radius 2 is 1.67 bits per heavy atom. The summed E-state index contributed by atoms with van der Waals surface area (Å²) in [5, 5.41) is 0. The predicted molar refractivity (Wildman–Crippen MR) is 161 cm³/mol. The van der Waals surface area contributed by atoms with Gasteiger partial charge < -0.3 is 9.53 Å². The fourth-order valence-electron chi connectivity index (χ4n) is 10.8. The molecule has 0 aromatic rings. The number of ketones is 3. The maximum atomic E-state index is 14.6. The number of Topliss-reactive ketones (excluding diaryl/α,β-unsaturated/α-hetero) is 2. The van der Waals surface area contributed by atoms with Crippen molar-refractivity contribution in [2.75, 3.05) is 6.61 Å². The van der Waals surface area contributed by atoms with Crippen molar-refractivity contribution in [2.24, 2.45) is 50.2 Å². The zero-order valence-corrected chi connectivity index (χ0v) is 27.6. The summed E-state index contributed by atoms with van der Waals surface area (Å²) >= 11 is 0. The molecule has 5 rings (SSSR count). The average molecular weight is 630 g/mol. The number of fused-ring (bicyclic) bond motifs is 7. The van der Waals surface area contributed by atoms with Gasteiger partial charge in [0, 0.05) is 30.1 Å². The molecule has 0 heterocycles. The van der Waals surface area contributed by atoms with Crippen LogP contribution in [0.2, 0.25) is 0 Å². The molecule has 0 N–H and O–H groups in total. The van der Waals surface area contributed by atoms with E-state index < -0.39 is 58.0 Å². The van der Waals surface area contributed by atoms with E-state index in [0.717, 1.165) is 12.0 Å². The van der Waals surface area contributed by atoms with Gasteiger partial charge in [0.25, 0.3) is 0 Å². The van der Waals surface area contributed by atoms with Crippen molar-refractivity contribution >= 4 is 23.3 Å². The second-order valence-corrected chi connectivity index (χ2v) is 16.4. The highest BCUT2D eigenvalue weighted by Crippen LogP contribution is 2.74. The number of ether oxygens (including phenoxy) is 1. The first-order valence-corrected chi connectivity index (χ1v) is 16.3. The highest BCUT2D eigenvalue weighted by atomic mass is 19.4. The lowest BCUT2D eigenvalue weighted by atomic mass is 9.34. The molecule has 0 unspecified atom stereocenters. The summed E-state index contributed by atoms with van der Waals surface area (Å²) in [7, 11) is 0. The Morgan fingerprint density at radius 1 is 1.02 bits per heavy atom. The first kappa shape index (κ1) is 33.6. The number of esters is 1. The van der Waals surface area contributed by atoms with Crippen molar-refractivity contribution < 1.29 is 37.1 Å². The molecule has 0 aromatic carbocycles. The molecule has 5 aliphatic rings. The van der Waals surface area contributed by atoms with E-state index >= 15 is 0 Å². The molecule has 9 heteroatoms. The Morgan fingerprint density at radius 3 is 2.27 bits per heavy atom. The van der Waals surface area contributed by atoms with E-state index in [0.29, 0.717) is 38.5 Å². The van der Waals surface area contributed by atoms with Crippen molar-refractivity contribution in [3.8, 4) is 0 Å². The second-order valence-electron chi connectivity index (χ2n) is 16.4. The predicted octanol–water partition coefficient (Wildman–Crippen LogP) is 8.01. The minimum Gasteiger partial charge on any atom is -0.465 e. The monoisotopic (exact) mass is 629 g/mol. The summed E-state index contributed by atoms with van der Waals surface area (Å²) < 4.78 is 45.2. The van der Waals surface area contributed by atoms with E-state index in [-0.39, 0.29) is 46.9 Å². The molecule has 0 radical (unpaired) electrons. The molecule has 5 aliphatic carbocycles. The molecule has 3 saturated carbocycles. The maximum Gasteiger partial charge on any atom is 0.389 e. The van der Waals surface area contributed by atoms with Crippen LogP contribution >= 0.6 is 0 Å². The van der Waals surface area contributed by atoms with Gasteiger partial charge in [-0.25, -0.2) is 4.85 Å². The molecule has 0 amide bonds. The smallest absolute Gasteiger partial charge is 0.389 e. The van der Waals surface area contributed by atoms with Crippen molar-refractivity contribution in [1.29, 1.82) is 0 Å². The number of hydrogen-bond acceptors (Lipinski definition) is 5. The molecule has 0 bridgehead atoms. The van der Waals surface area contributed by atoms with Crippen molar-refractivity contribution in [2.45, 2.75) is 112 Å². The largest absolute Gasteiger partial charge is 0.465 e. The molecule has 45 heavy (non-hydrogen) atoms. The van der Waals surface area contributed by atoms with E-state index in [4.69, 9.17) is 11.3 Å². The van der Waals surface area contributed by atoms with E-state index in [1.807, 2.05) is 6.92 Å². The topological polar surface area (TPSA) is 81.9 Å². The average Bonchev–Trinajstić information content (AvgIpc) is 2.93. The van der Waals surface area contributed by atoms with Crippen molar-refractivity contribution in [3.05, 3.63) is 34.8 Å². The van der Waals surface area contributed by atoms with E-state index in [1.54, 1.807) is 19.1 Å². The molecule has 0 saturated heterocycles. The van der Waals surface area contributed by atoms with Crippen molar-refractivity contribution in [1.82, 2.24) is 0 Å². The standard InChI is InChI=1S/C36H46F3NO5/c1-21(41)45-20-32(5)25-9-11-33(6)26(31(25,4)19-23(40-8)29(32)44)17-24(42)28-22-18-30(2,3)13-15-35(22,16-14-34(28,33)7)27(43)10-12-36(37,38)39/h17,19,22,25,28H,9-16,18,20H2,1-7H3/t22-,25+,28-,31-,32-,33+,34+,35-/m0/s1. The highest BCUT2D eigenvalue weighted by molar-refractivity contribution is 6.03. The van der Waals surface area contributed by atoms with Gasteiger partial charge in [-0.1, -0.05) is 53.2 Å². The fourth-order valence-corrected chi connectivity index (χ4v) is 10.8. The molecule has 0 spiro atoms. The lowest BCUT2D eigenvalue weighted by molar-refractivity contribution is -0.181. The molecule has 0 aromatic heterocycles. The van der Waals surface area contributed by atoms with Gasteiger partial charge in [-0.15, -0.1) is 0 Å². The van der Waals surface area contributed by atoms with Crippen LogP contribution in [0, 0.1) is 56.8 Å². The van der Waals surface area contributed by atoms with Gasteiger partial charge in [-0.05, 0) is 79.1 Å². The Hall–Kier alpha value is -2.76. The van der Waals surface area contributed by atoms with E-state index in [9.17, 15) is 32.3 Å². The Bertz CT molecular complexity index is 1450. The summed E-state index contributed by atoms with van der Waals surface area (Å²) in [4.78, 5) is 57.5. The molecule has 8 atom stereocenters. The van der Waals surface area contributed by atoms with Gasteiger partial charge in [-0.2, -0.15) is 13.2 Å². The van der Waals surface area contributed by atoms with Crippen LogP contribution in [0.4, 0.5) is 13.2 Å². The van der Waals surface area contributed by atoms with Gasteiger partial charge in [0.15, 0.2) is 11.6 Å². The zero-order chi connectivity index (χ0) is 33.6. The normalized spacial score (nSPS) is 42.1. The fraction of sp³-hybridized carbons (Fsp3) is 0.750. The van der Waals surface area contributed by atoms with E-state index in [2.05, 4.69) is 32.5 Å². The summed E-state index contributed by atoms with van der Waals surface area (Å²) in [6.45, 7) is 21.2. The van der Waals surface area contributed by atoms with Crippen LogP contribution in [0.3, 0.4) is 0 Å². The third kappa shape index (κ3) is 4.87. The number of nitrogens with zero attached hydrogens (tertiary/aromatic N) is 1. The van der Waals surface area contributed by atoms with Gasteiger partial charge in [-0.3, -0.25) is 14.4 Å². The first-order chi connectivity index (χ1) is 20.6. The second kappa shape index (κ2) is 10.4. The molecule has 246 valence electrons. The third-order valence-electron chi connectivity index (χ3n) is 13.4. The van der Waals surface area contributed by atoms with Crippen LogP contribution in [0.15, 0.2) is 23.4 Å². The van der Waals surface area contributed by atoms with Gasteiger partial charge in [0.1, 0.15) is 12.4 Å². The first-order valence-electron chi connectivity index (χ1n) is 16.3. The van der Waals surface area contributed by atoms with Crippen LogP contribution in [0.5, 0.6) is 0 Å². The lowest BCUT2D eigenvalue weighted by Crippen LogP contribution is -2.66. The number of hydrogen-bond donors (Lipinski definition) is 0. The van der Waals surface area contributed by atoms with Crippen LogP contribution in [0.1, 0.15) is 106 Å². The van der Waals surface area contributed by atoms with Crippen LogP contribution in [0.25, 0.3) is 4.85 Å². The lowest BCUT2D eigenvalue weighted by Gasteiger charge is -2.69. The van der Waals surface area contributed by atoms with Crippen LogP contribution in [-0.4, -0.2) is 36.1 Å². The maximum absolute atomic E-state index is 14.6. The molecule has 0 aliphatic heterocycles.